The van der Waals surface area contributed by atoms with Gasteiger partial charge in [0.25, 0.3) is 0 Å². The molecule has 2 saturated heterocycles. The van der Waals surface area contributed by atoms with Crippen LogP contribution in [0.5, 0.6) is 0 Å². The number of hydrogen-bond acceptors (Lipinski definition) is 15. The van der Waals surface area contributed by atoms with Crippen molar-refractivity contribution in [3.8, 4) is 0 Å². The fourth-order valence-electron chi connectivity index (χ4n) is 7.84. The lowest BCUT2D eigenvalue weighted by Crippen LogP contribution is -2.64. The molecular weight excluding hydrogens is 768 g/mol. The molecular formula is C44H82O15. The molecule has 0 spiro atoms. The summed E-state index contributed by atoms with van der Waals surface area (Å²) in [6.07, 6.45) is -0.345. The molecule has 15 nitrogen and oxygen atoms in total. The van der Waals surface area contributed by atoms with Gasteiger partial charge in [0.05, 0.1) is 24.0 Å². The van der Waals surface area contributed by atoms with Gasteiger partial charge in [0.15, 0.2) is 12.6 Å². The van der Waals surface area contributed by atoms with Gasteiger partial charge in [-0.2, -0.15) is 0 Å². The highest BCUT2D eigenvalue weighted by atomic mass is 16.8. The van der Waals surface area contributed by atoms with E-state index in [2.05, 4.69) is 27.7 Å². The van der Waals surface area contributed by atoms with Crippen molar-refractivity contribution >= 4 is 11.9 Å². The molecule has 0 aromatic rings. The summed E-state index contributed by atoms with van der Waals surface area (Å²) >= 11 is 0. The van der Waals surface area contributed by atoms with Gasteiger partial charge in [0.1, 0.15) is 62.0 Å². The molecule has 0 saturated carbocycles. The van der Waals surface area contributed by atoms with Crippen LogP contribution < -0.4 is 0 Å². The van der Waals surface area contributed by atoms with Gasteiger partial charge in [-0.25, -0.2) is 0 Å². The van der Waals surface area contributed by atoms with Crippen molar-refractivity contribution in [3.63, 3.8) is 0 Å². The summed E-state index contributed by atoms with van der Waals surface area (Å²) in [6.45, 7) is 7.27. The van der Waals surface area contributed by atoms with Crippen molar-refractivity contribution in [2.24, 2.45) is 11.8 Å². The summed E-state index contributed by atoms with van der Waals surface area (Å²) in [5.41, 5.74) is 0. The summed E-state index contributed by atoms with van der Waals surface area (Å²) < 4.78 is 28.2. The predicted octanol–water partition coefficient (Wildman–Crippen LogP) is 4.32. The van der Waals surface area contributed by atoms with Crippen molar-refractivity contribution in [1.82, 2.24) is 0 Å². The smallest absolute Gasteiger partial charge is 0.311 e. The van der Waals surface area contributed by atoms with Gasteiger partial charge in [-0.05, 0) is 25.7 Å². The fraction of sp³-hybridized carbons (Fsp3) is 0.955. The van der Waals surface area contributed by atoms with Gasteiger partial charge in [-0.1, -0.05) is 143 Å². The van der Waals surface area contributed by atoms with E-state index in [1.165, 1.54) is 0 Å². The van der Waals surface area contributed by atoms with Gasteiger partial charge in [0, 0.05) is 0 Å². The molecule has 2 aliphatic rings. The van der Waals surface area contributed by atoms with E-state index in [-0.39, 0.29) is 0 Å². The summed E-state index contributed by atoms with van der Waals surface area (Å²) in [4.78, 5) is 26.7. The van der Waals surface area contributed by atoms with Crippen LogP contribution in [0.15, 0.2) is 0 Å². The second kappa shape index (κ2) is 30.5. The Balaban J connectivity index is 2.08. The number of aliphatic hydroxyl groups excluding tert-OH is 8. The SMILES string of the molecule is CCCCCCC[C@@H](O)[C@@H](CCCCCC)C(=O)OC[C@H]1O[C@H](O[C@H]2O[C@H](COC(=O)[C@H](CCCCCC)[C@H](O)CCCCCCC)[C@@H](O)[C@H](O)[C@H]2O)[C@H](O)[C@@H](O)[C@@H]1O. The molecule has 0 aromatic carbocycles. The maximum atomic E-state index is 13.4. The van der Waals surface area contributed by atoms with Crippen LogP contribution in [-0.2, 0) is 33.3 Å². The zero-order valence-corrected chi connectivity index (χ0v) is 36.5. The molecule has 348 valence electrons. The van der Waals surface area contributed by atoms with Crippen LogP contribution in [0.25, 0.3) is 0 Å². The molecule has 0 radical (unpaired) electrons. The molecule has 2 aliphatic heterocycles. The Morgan fingerprint density at radius 1 is 0.441 bits per heavy atom. The first kappa shape index (κ1) is 53.6. The second-order valence-corrected chi connectivity index (χ2v) is 16.9. The topological polar surface area (TPSA) is 242 Å². The Bertz CT molecular complexity index is 1020. The third-order valence-corrected chi connectivity index (χ3v) is 11.9. The molecule has 0 bridgehead atoms. The third-order valence-electron chi connectivity index (χ3n) is 11.9. The van der Waals surface area contributed by atoms with Crippen molar-refractivity contribution in [3.05, 3.63) is 0 Å². The van der Waals surface area contributed by atoms with Crippen molar-refractivity contribution < 1.29 is 74.1 Å². The maximum Gasteiger partial charge on any atom is 0.311 e. The number of hydrogen-bond donors (Lipinski definition) is 8. The van der Waals surface area contributed by atoms with Gasteiger partial charge in [-0.15, -0.1) is 0 Å². The zero-order valence-electron chi connectivity index (χ0n) is 36.5. The van der Waals surface area contributed by atoms with Crippen molar-refractivity contribution in [2.45, 2.75) is 243 Å². The van der Waals surface area contributed by atoms with E-state index in [0.717, 1.165) is 116 Å². The van der Waals surface area contributed by atoms with Gasteiger partial charge in [-0.3, -0.25) is 9.59 Å². The molecule has 8 N–H and O–H groups in total. The van der Waals surface area contributed by atoms with E-state index in [4.69, 9.17) is 23.7 Å². The van der Waals surface area contributed by atoms with Crippen molar-refractivity contribution in [2.75, 3.05) is 13.2 Å². The lowest BCUT2D eigenvalue weighted by molar-refractivity contribution is -0.376. The molecule has 59 heavy (non-hydrogen) atoms. The predicted molar refractivity (Wildman–Crippen MR) is 220 cm³/mol. The monoisotopic (exact) mass is 851 g/mol. The first-order chi connectivity index (χ1) is 28.3. The van der Waals surface area contributed by atoms with E-state index >= 15 is 0 Å². The molecule has 2 rings (SSSR count). The fourth-order valence-corrected chi connectivity index (χ4v) is 7.84. The van der Waals surface area contributed by atoms with Crippen LogP contribution in [0.4, 0.5) is 0 Å². The van der Waals surface area contributed by atoms with E-state index in [0.29, 0.717) is 25.7 Å². The minimum Gasteiger partial charge on any atom is -0.463 e. The average molecular weight is 851 g/mol. The summed E-state index contributed by atoms with van der Waals surface area (Å²) in [6, 6.07) is 0. The van der Waals surface area contributed by atoms with E-state index in [9.17, 15) is 50.4 Å². The van der Waals surface area contributed by atoms with E-state index < -0.39 is 111 Å². The molecule has 2 heterocycles. The Morgan fingerprint density at radius 3 is 1.08 bits per heavy atom. The van der Waals surface area contributed by atoms with Crippen LogP contribution in [-0.4, -0.2) is 140 Å². The van der Waals surface area contributed by atoms with Crippen LogP contribution in [0.2, 0.25) is 0 Å². The third kappa shape index (κ3) is 18.8. The average Bonchev–Trinajstić information content (AvgIpc) is 3.22. The van der Waals surface area contributed by atoms with E-state index in [1.54, 1.807) is 0 Å². The van der Waals surface area contributed by atoms with Gasteiger partial charge >= 0.3 is 11.9 Å². The zero-order chi connectivity index (χ0) is 43.7. The Hall–Kier alpha value is -1.50. The minimum atomic E-state index is -1.88. The number of aliphatic hydroxyl groups is 8. The van der Waals surface area contributed by atoms with Crippen LogP contribution in [0.1, 0.15) is 169 Å². The maximum absolute atomic E-state index is 13.4. The molecule has 0 amide bonds. The Labute approximate surface area is 353 Å². The summed E-state index contributed by atoms with van der Waals surface area (Å²) in [5, 5.41) is 86.6. The first-order valence-corrected chi connectivity index (χ1v) is 23.1. The van der Waals surface area contributed by atoms with Crippen LogP contribution >= 0.6 is 0 Å². The molecule has 0 aliphatic carbocycles. The van der Waals surface area contributed by atoms with Crippen LogP contribution in [0, 0.1) is 11.8 Å². The summed E-state index contributed by atoms with van der Waals surface area (Å²) in [5.74, 6) is -2.97. The van der Waals surface area contributed by atoms with E-state index in [1.807, 2.05) is 0 Å². The number of carbonyl (C=O) groups excluding carboxylic acids is 2. The lowest BCUT2D eigenvalue weighted by atomic mass is 9.91. The number of carbonyl (C=O) groups is 2. The molecule has 0 unspecified atom stereocenters. The molecule has 15 heteroatoms. The highest BCUT2D eigenvalue weighted by Crippen LogP contribution is 2.30. The first-order valence-electron chi connectivity index (χ1n) is 23.1. The minimum absolute atomic E-state index is 0.414. The molecule has 0 aromatic heterocycles. The number of ether oxygens (including phenoxy) is 5. The van der Waals surface area contributed by atoms with Gasteiger partial charge in [0.2, 0.25) is 0 Å². The Morgan fingerprint density at radius 2 is 0.746 bits per heavy atom. The van der Waals surface area contributed by atoms with Gasteiger partial charge < -0.3 is 64.5 Å². The van der Waals surface area contributed by atoms with Crippen LogP contribution in [0.3, 0.4) is 0 Å². The summed E-state index contributed by atoms with van der Waals surface area (Å²) in [7, 11) is 0. The highest BCUT2D eigenvalue weighted by Gasteiger charge is 2.50. The standard InChI is InChI=1S/C44H82O15/c1-5-9-13-17-21-25-31(45)29(23-19-15-11-7-3)41(53)55-27-33-35(47)37(49)39(51)43(57-33)59-44-40(52)38(50)36(48)34(58-44)28-56-42(54)30(24-20-16-12-8-4)32(46)26-22-18-14-10-6-2/h29-40,43-52H,5-28H2,1-4H3/t29-,30-,31-,32-,33-,34-,35-,36-,37+,38+,39-,40-,43-,44-/m1/s1. The number of rotatable bonds is 32. The van der Waals surface area contributed by atoms with Crippen molar-refractivity contribution in [1.29, 1.82) is 0 Å². The lowest BCUT2D eigenvalue weighted by Gasteiger charge is -2.44. The molecule has 2 fully saturated rings. The number of unbranched alkanes of at least 4 members (excludes halogenated alkanes) is 14. The second-order valence-electron chi connectivity index (χ2n) is 16.9. The number of esters is 2. The highest BCUT2D eigenvalue weighted by molar-refractivity contribution is 5.73. The Kier molecular flexibility index (Phi) is 27.8. The normalized spacial score (nSPS) is 29.4. The molecule has 14 atom stereocenters. The quantitative estimate of drug-likeness (QED) is 0.0347. The largest absolute Gasteiger partial charge is 0.463 e.